The van der Waals surface area contributed by atoms with Crippen molar-refractivity contribution in [2.75, 3.05) is 5.75 Å². The van der Waals surface area contributed by atoms with Gasteiger partial charge in [-0.05, 0) is 24.6 Å². The van der Waals surface area contributed by atoms with Crippen molar-refractivity contribution in [1.29, 1.82) is 0 Å². The van der Waals surface area contributed by atoms with Gasteiger partial charge in [-0.15, -0.1) is 5.10 Å². The van der Waals surface area contributed by atoms with E-state index in [1.807, 2.05) is 6.92 Å². The van der Waals surface area contributed by atoms with Crippen molar-refractivity contribution in [1.82, 2.24) is 14.8 Å². The Hall–Kier alpha value is -1.24. The van der Waals surface area contributed by atoms with Crippen LogP contribution in [0.15, 0.2) is 28.2 Å². The first-order valence-electron chi connectivity index (χ1n) is 6.79. The number of H-pyrrole nitrogens is 1. The molecule has 2 rings (SSSR count). The number of carbonyl (C=O) groups excluding carboxylic acids is 1. The van der Waals surface area contributed by atoms with Crippen LogP contribution in [0.2, 0.25) is 10.0 Å². The standard InChI is InChI=1S/C14H15Cl2N3O2S/c1-2-3-6-19-13(21)17-18-14(19)22-8-12(20)9-4-5-10(15)11(16)7-9/h4-5,7H,2-3,6,8H2,1H3,(H,17,21). The SMILES string of the molecule is CCCCn1c(SCC(=O)c2ccc(Cl)c(Cl)c2)n[nH]c1=O. The Bertz CT molecular complexity index is 727. The first kappa shape index (κ1) is 17.1. The lowest BCUT2D eigenvalue weighted by Gasteiger charge is -2.05. The average molecular weight is 360 g/mol. The van der Waals surface area contributed by atoms with Gasteiger partial charge in [-0.25, -0.2) is 9.89 Å². The molecule has 0 saturated carbocycles. The van der Waals surface area contributed by atoms with Crippen molar-refractivity contribution in [3.63, 3.8) is 0 Å². The van der Waals surface area contributed by atoms with E-state index in [0.717, 1.165) is 12.8 Å². The van der Waals surface area contributed by atoms with E-state index < -0.39 is 0 Å². The molecule has 1 heterocycles. The number of nitrogens with one attached hydrogen (secondary N) is 1. The maximum absolute atomic E-state index is 12.2. The summed E-state index contributed by atoms with van der Waals surface area (Å²) in [6, 6.07) is 4.76. The average Bonchev–Trinajstić information content (AvgIpc) is 2.85. The summed E-state index contributed by atoms with van der Waals surface area (Å²) in [7, 11) is 0. The maximum Gasteiger partial charge on any atom is 0.343 e. The second kappa shape index (κ2) is 7.85. The quantitative estimate of drug-likeness (QED) is 0.605. The third kappa shape index (κ3) is 4.15. The number of halogens is 2. The fourth-order valence-electron chi connectivity index (χ4n) is 1.81. The second-order valence-electron chi connectivity index (χ2n) is 4.66. The zero-order valence-electron chi connectivity index (χ0n) is 11.9. The lowest BCUT2D eigenvalue weighted by atomic mass is 10.1. The zero-order valence-corrected chi connectivity index (χ0v) is 14.3. The number of carbonyl (C=O) groups is 1. The van der Waals surface area contributed by atoms with Crippen molar-refractivity contribution < 1.29 is 4.79 Å². The molecule has 0 radical (unpaired) electrons. The van der Waals surface area contributed by atoms with Crippen molar-refractivity contribution in [3.8, 4) is 0 Å². The Balaban J connectivity index is 2.05. The summed E-state index contributed by atoms with van der Waals surface area (Å²) in [5.74, 6) is 0.0787. The van der Waals surface area contributed by atoms with Crippen molar-refractivity contribution >= 4 is 40.7 Å². The summed E-state index contributed by atoms with van der Waals surface area (Å²) in [6.07, 6.45) is 1.86. The van der Waals surface area contributed by atoms with E-state index in [0.29, 0.717) is 27.3 Å². The highest BCUT2D eigenvalue weighted by molar-refractivity contribution is 7.99. The molecule has 118 valence electrons. The summed E-state index contributed by atoms with van der Waals surface area (Å²) in [4.78, 5) is 23.8. The molecular formula is C14H15Cl2N3O2S. The molecule has 1 aromatic heterocycles. The number of Topliss-reactive ketones (excluding diaryl/α,β-unsaturated/α-hetero) is 1. The van der Waals surface area contributed by atoms with Gasteiger partial charge in [0.05, 0.1) is 15.8 Å². The summed E-state index contributed by atoms with van der Waals surface area (Å²) < 4.78 is 1.55. The van der Waals surface area contributed by atoms with Gasteiger partial charge in [-0.2, -0.15) is 0 Å². The molecule has 8 heteroatoms. The topological polar surface area (TPSA) is 67.8 Å². The number of hydrogen-bond acceptors (Lipinski definition) is 4. The van der Waals surface area contributed by atoms with E-state index in [-0.39, 0.29) is 17.2 Å². The summed E-state index contributed by atoms with van der Waals surface area (Å²) in [6.45, 7) is 2.64. The third-order valence-corrected chi connectivity index (χ3v) is 4.75. The van der Waals surface area contributed by atoms with E-state index in [9.17, 15) is 9.59 Å². The van der Waals surface area contributed by atoms with Gasteiger partial charge in [0.1, 0.15) is 0 Å². The molecule has 2 aromatic rings. The lowest BCUT2D eigenvalue weighted by Crippen LogP contribution is -2.18. The van der Waals surface area contributed by atoms with Crippen molar-refractivity contribution in [2.45, 2.75) is 31.5 Å². The van der Waals surface area contributed by atoms with Gasteiger partial charge in [0, 0.05) is 12.1 Å². The number of ketones is 1. The minimum Gasteiger partial charge on any atom is -0.293 e. The zero-order chi connectivity index (χ0) is 16.1. The second-order valence-corrected chi connectivity index (χ2v) is 6.41. The molecule has 1 aromatic carbocycles. The van der Waals surface area contributed by atoms with Gasteiger partial charge in [0.2, 0.25) is 0 Å². The predicted molar refractivity (Wildman–Crippen MR) is 89.3 cm³/mol. The number of hydrogen-bond donors (Lipinski definition) is 1. The molecule has 0 spiro atoms. The molecule has 22 heavy (non-hydrogen) atoms. The summed E-state index contributed by atoms with van der Waals surface area (Å²) >= 11 is 13.0. The molecule has 5 nitrogen and oxygen atoms in total. The molecule has 0 aliphatic heterocycles. The van der Waals surface area contributed by atoms with Gasteiger partial charge >= 0.3 is 5.69 Å². The highest BCUT2D eigenvalue weighted by Gasteiger charge is 2.13. The van der Waals surface area contributed by atoms with Crippen LogP contribution in [0.5, 0.6) is 0 Å². The molecule has 0 aliphatic rings. The fraction of sp³-hybridized carbons (Fsp3) is 0.357. The Morgan fingerprint density at radius 3 is 2.82 bits per heavy atom. The van der Waals surface area contributed by atoms with Crippen LogP contribution in [0.25, 0.3) is 0 Å². The van der Waals surface area contributed by atoms with Crippen LogP contribution >= 0.6 is 35.0 Å². The lowest BCUT2D eigenvalue weighted by molar-refractivity contribution is 0.102. The molecule has 0 aliphatic carbocycles. The van der Waals surface area contributed by atoms with Gasteiger partial charge in [-0.1, -0.05) is 48.3 Å². The summed E-state index contributed by atoms with van der Waals surface area (Å²) in [5.41, 5.74) is 0.234. The fourth-order valence-corrected chi connectivity index (χ4v) is 2.98. The molecule has 1 N–H and O–H groups in total. The molecule has 0 fully saturated rings. The Kier molecular flexibility index (Phi) is 6.11. The maximum atomic E-state index is 12.2. The normalized spacial score (nSPS) is 10.9. The highest BCUT2D eigenvalue weighted by Crippen LogP contribution is 2.24. The molecule has 0 unspecified atom stereocenters. The number of nitrogens with zero attached hydrogens (tertiary/aromatic N) is 2. The van der Waals surface area contributed by atoms with Gasteiger partial charge in [0.25, 0.3) is 0 Å². The van der Waals surface area contributed by atoms with Crippen LogP contribution in [0, 0.1) is 0 Å². The highest BCUT2D eigenvalue weighted by atomic mass is 35.5. The first-order valence-corrected chi connectivity index (χ1v) is 8.53. The molecule has 0 atom stereocenters. The number of unbranched alkanes of at least 4 members (excludes halogenated alkanes) is 1. The van der Waals surface area contributed by atoms with Crippen LogP contribution in [0.4, 0.5) is 0 Å². The predicted octanol–water partition coefficient (Wildman–Crippen LogP) is 3.65. The van der Waals surface area contributed by atoms with E-state index in [4.69, 9.17) is 23.2 Å². The number of rotatable bonds is 7. The van der Waals surface area contributed by atoms with Crippen LogP contribution in [0.3, 0.4) is 0 Å². The van der Waals surface area contributed by atoms with Crippen molar-refractivity contribution in [3.05, 3.63) is 44.3 Å². The number of aromatic amines is 1. The molecule has 0 amide bonds. The number of thioether (sulfide) groups is 1. The number of aromatic nitrogens is 3. The van der Waals surface area contributed by atoms with Crippen LogP contribution in [0.1, 0.15) is 30.1 Å². The van der Waals surface area contributed by atoms with E-state index in [1.165, 1.54) is 11.8 Å². The summed E-state index contributed by atoms with van der Waals surface area (Å²) in [5, 5.41) is 7.64. The first-order chi connectivity index (χ1) is 10.5. The molecular weight excluding hydrogens is 345 g/mol. The van der Waals surface area contributed by atoms with Gasteiger partial charge < -0.3 is 0 Å². The molecule has 0 bridgehead atoms. The van der Waals surface area contributed by atoms with E-state index in [2.05, 4.69) is 10.2 Å². The van der Waals surface area contributed by atoms with Gasteiger partial charge in [0.15, 0.2) is 10.9 Å². The minimum atomic E-state index is -0.252. The van der Waals surface area contributed by atoms with E-state index >= 15 is 0 Å². The van der Waals surface area contributed by atoms with E-state index in [1.54, 1.807) is 22.8 Å². The molecule has 0 saturated heterocycles. The van der Waals surface area contributed by atoms with Crippen LogP contribution < -0.4 is 5.69 Å². The monoisotopic (exact) mass is 359 g/mol. The Morgan fingerprint density at radius 2 is 2.14 bits per heavy atom. The van der Waals surface area contributed by atoms with Crippen molar-refractivity contribution in [2.24, 2.45) is 0 Å². The van der Waals surface area contributed by atoms with Crippen LogP contribution in [-0.2, 0) is 6.54 Å². The Morgan fingerprint density at radius 1 is 1.36 bits per heavy atom. The number of benzene rings is 1. The minimum absolute atomic E-state index is 0.0962. The third-order valence-electron chi connectivity index (χ3n) is 3.03. The van der Waals surface area contributed by atoms with Crippen LogP contribution in [-0.4, -0.2) is 26.3 Å². The Labute approximate surface area is 142 Å². The largest absolute Gasteiger partial charge is 0.343 e. The van der Waals surface area contributed by atoms with Gasteiger partial charge in [-0.3, -0.25) is 9.36 Å². The smallest absolute Gasteiger partial charge is 0.293 e.